The normalized spacial score (nSPS) is 10.3. The zero-order chi connectivity index (χ0) is 26.9. The SMILES string of the molecule is CC.CCC.CCOc1ccc(-n2cc3c(Nc4ccc5cn[nH]c5c4)nnc(N)c3c2N)c(OC)c1. The first-order valence-electron chi connectivity index (χ1n) is 12.4. The van der Waals surface area contributed by atoms with Gasteiger partial charge < -0.3 is 26.3 Å². The van der Waals surface area contributed by atoms with Crippen LogP contribution in [-0.2, 0) is 0 Å². The molecule has 0 fully saturated rings. The molecule has 10 nitrogen and oxygen atoms in total. The van der Waals surface area contributed by atoms with E-state index in [1.807, 2.05) is 67.9 Å². The van der Waals surface area contributed by atoms with Crippen LogP contribution in [0.2, 0.25) is 0 Å². The molecule has 0 radical (unpaired) electrons. The van der Waals surface area contributed by atoms with Gasteiger partial charge in [0.15, 0.2) is 11.6 Å². The minimum atomic E-state index is 0.246. The zero-order valence-corrected chi connectivity index (χ0v) is 22.3. The summed E-state index contributed by atoms with van der Waals surface area (Å²) in [6.07, 6.45) is 4.89. The summed E-state index contributed by atoms with van der Waals surface area (Å²) in [5.41, 5.74) is 15.1. The van der Waals surface area contributed by atoms with E-state index in [-0.39, 0.29) is 5.82 Å². The van der Waals surface area contributed by atoms with E-state index >= 15 is 0 Å². The van der Waals surface area contributed by atoms with E-state index in [1.54, 1.807) is 13.3 Å². The molecule has 0 saturated carbocycles. The number of aromatic nitrogens is 5. The quantitative estimate of drug-likeness (QED) is 0.219. The monoisotopic (exact) mass is 504 g/mol. The maximum Gasteiger partial charge on any atom is 0.162 e. The fraction of sp³-hybridized carbons (Fsp3) is 0.296. The number of fused-ring (bicyclic) bond motifs is 2. The Morgan fingerprint density at radius 2 is 1.78 bits per heavy atom. The first-order valence-corrected chi connectivity index (χ1v) is 12.4. The van der Waals surface area contributed by atoms with Gasteiger partial charge in [-0.3, -0.25) is 9.67 Å². The van der Waals surface area contributed by atoms with Gasteiger partial charge in [0.05, 0.1) is 41.9 Å². The Morgan fingerprint density at radius 1 is 1.03 bits per heavy atom. The molecule has 0 atom stereocenters. The summed E-state index contributed by atoms with van der Waals surface area (Å²) in [5.74, 6) is 2.53. The van der Waals surface area contributed by atoms with Gasteiger partial charge in [0.2, 0.25) is 0 Å². The highest BCUT2D eigenvalue weighted by Gasteiger charge is 2.19. The summed E-state index contributed by atoms with van der Waals surface area (Å²) >= 11 is 0. The van der Waals surface area contributed by atoms with Gasteiger partial charge in [-0.2, -0.15) is 5.10 Å². The summed E-state index contributed by atoms with van der Waals surface area (Å²) < 4.78 is 13.0. The van der Waals surface area contributed by atoms with Gasteiger partial charge in [0.25, 0.3) is 0 Å². The molecule has 3 heterocycles. The average molecular weight is 505 g/mol. The van der Waals surface area contributed by atoms with E-state index in [0.29, 0.717) is 35.1 Å². The van der Waals surface area contributed by atoms with Crippen molar-refractivity contribution in [3.8, 4) is 17.2 Å². The molecule has 0 saturated heterocycles. The first kappa shape index (κ1) is 27.1. The van der Waals surface area contributed by atoms with E-state index in [4.69, 9.17) is 20.9 Å². The van der Waals surface area contributed by atoms with Crippen LogP contribution in [0.1, 0.15) is 41.0 Å². The minimum Gasteiger partial charge on any atom is -0.494 e. The number of nitrogens with one attached hydrogen (secondary N) is 2. The van der Waals surface area contributed by atoms with E-state index < -0.39 is 0 Å². The lowest BCUT2D eigenvalue weighted by molar-refractivity contribution is 0.336. The Labute approximate surface area is 217 Å². The Bertz CT molecular complexity index is 1460. The number of H-pyrrole nitrogens is 1. The van der Waals surface area contributed by atoms with Crippen molar-refractivity contribution in [2.24, 2.45) is 0 Å². The second kappa shape index (κ2) is 12.5. The molecule has 5 rings (SSSR count). The number of benzene rings is 2. The van der Waals surface area contributed by atoms with Crippen molar-refractivity contribution < 1.29 is 9.47 Å². The van der Waals surface area contributed by atoms with Crippen molar-refractivity contribution in [1.82, 2.24) is 25.0 Å². The number of hydrogen-bond acceptors (Lipinski definition) is 8. The Hall–Kier alpha value is -4.47. The summed E-state index contributed by atoms with van der Waals surface area (Å²) in [4.78, 5) is 0. The van der Waals surface area contributed by atoms with Crippen LogP contribution in [0.4, 0.5) is 23.1 Å². The van der Waals surface area contributed by atoms with Crippen LogP contribution in [0.15, 0.2) is 48.8 Å². The van der Waals surface area contributed by atoms with Crippen molar-refractivity contribution >= 4 is 44.8 Å². The number of nitrogens with zero attached hydrogens (tertiary/aromatic N) is 4. The number of rotatable bonds is 6. The molecule has 10 heteroatoms. The maximum absolute atomic E-state index is 6.50. The van der Waals surface area contributed by atoms with E-state index in [0.717, 1.165) is 27.7 Å². The number of nitrogens with two attached hydrogens (primary N) is 2. The molecule has 6 N–H and O–H groups in total. The van der Waals surface area contributed by atoms with Crippen LogP contribution >= 0.6 is 0 Å². The number of anilines is 4. The van der Waals surface area contributed by atoms with Crippen LogP contribution in [-0.4, -0.2) is 38.7 Å². The lowest BCUT2D eigenvalue weighted by Gasteiger charge is -2.13. The molecule has 5 aromatic rings. The second-order valence-electron chi connectivity index (χ2n) is 7.88. The third kappa shape index (κ3) is 5.69. The largest absolute Gasteiger partial charge is 0.494 e. The van der Waals surface area contributed by atoms with Gasteiger partial charge in [-0.1, -0.05) is 34.1 Å². The van der Waals surface area contributed by atoms with Crippen molar-refractivity contribution in [1.29, 1.82) is 0 Å². The number of methoxy groups -OCH3 is 1. The molecule has 196 valence electrons. The average Bonchev–Trinajstić information content (AvgIpc) is 3.52. The predicted molar refractivity (Wildman–Crippen MR) is 152 cm³/mol. The molecule has 3 aromatic heterocycles. The highest BCUT2D eigenvalue weighted by Crippen LogP contribution is 2.38. The van der Waals surface area contributed by atoms with Gasteiger partial charge >= 0.3 is 0 Å². The van der Waals surface area contributed by atoms with Crippen LogP contribution in [0.25, 0.3) is 27.4 Å². The fourth-order valence-corrected chi connectivity index (χ4v) is 3.73. The van der Waals surface area contributed by atoms with Crippen LogP contribution in [0.3, 0.4) is 0 Å². The van der Waals surface area contributed by atoms with Crippen molar-refractivity contribution in [3.63, 3.8) is 0 Å². The highest BCUT2D eigenvalue weighted by molar-refractivity contribution is 6.06. The Balaban J connectivity index is 0.000000711. The third-order valence-electron chi connectivity index (χ3n) is 5.24. The second-order valence-corrected chi connectivity index (χ2v) is 7.88. The fourth-order valence-electron chi connectivity index (χ4n) is 3.73. The summed E-state index contributed by atoms with van der Waals surface area (Å²) in [7, 11) is 1.60. The summed E-state index contributed by atoms with van der Waals surface area (Å²) in [5, 5.41) is 21.1. The lowest BCUT2D eigenvalue weighted by atomic mass is 10.2. The molecule has 0 aliphatic heterocycles. The van der Waals surface area contributed by atoms with Gasteiger partial charge in [0, 0.05) is 23.3 Å². The summed E-state index contributed by atoms with van der Waals surface area (Å²) in [6.45, 7) is 10.7. The van der Waals surface area contributed by atoms with Gasteiger partial charge in [-0.25, -0.2) is 0 Å². The van der Waals surface area contributed by atoms with Crippen molar-refractivity contribution in [2.75, 3.05) is 30.5 Å². The molecule has 0 aliphatic rings. The van der Waals surface area contributed by atoms with E-state index in [1.165, 1.54) is 6.42 Å². The molecule has 0 spiro atoms. The van der Waals surface area contributed by atoms with Crippen LogP contribution in [0, 0.1) is 0 Å². The Morgan fingerprint density at radius 3 is 2.49 bits per heavy atom. The van der Waals surface area contributed by atoms with E-state index in [2.05, 4.69) is 39.6 Å². The number of ether oxygens (including phenoxy) is 2. The highest BCUT2D eigenvalue weighted by atomic mass is 16.5. The van der Waals surface area contributed by atoms with Gasteiger partial charge in [-0.05, 0) is 37.3 Å². The molecule has 0 unspecified atom stereocenters. The smallest absolute Gasteiger partial charge is 0.162 e. The van der Waals surface area contributed by atoms with Crippen LogP contribution < -0.4 is 26.3 Å². The summed E-state index contributed by atoms with van der Waals surface area (Å²) in [6, 6.07) is 11.4. The molecular formula is C27H36N8O2. The molecular weight excluding hydrogens is 468 g/mol. The van der Waals surface area contributed by atoms with Crippen molar-refractivity contribution in [3.05, 3.63) is 48.8 Å². The maximum atomic E-state index is 6.50. The number of hydrogen-bond donors (Lipinski definition) is 4. The zero-order valence-electron chi connectivity index (χ0n) is 22.3. The molecule has 0 aliphatic carbocycles. The first-order chi connectivity index (χ1) is 18.0. The lowest BCUT2D eigenvalue weighted by Crippen LogP contribution is -2.03. The van der Waals surface area contributed by atoms with E-state index in [9.17, 15) is 0 Å². The van der Waals surface area contributed by atoms with Gasteiger partial charge in [0.1, 0.15) is 17.3 Å². The minimum absolute atomic E-state index is 0.246. The topological polar surface area (TPSA) is 142 Å². The van der Waals surface area contributed by atoms with Gasteiger partial charge in [-0.15, -0.1) is 10.2 Å². The third-order valence-corrected chi connectivity index (χ3v) is 5.24. The molecule has 0 bridgehead atoms. The predicted octanol–water partition coefficient (Wildman–Crippen LogP) is 6.05. The van der Waals surface area contributed by atoms with Crippen molar-refractivity contribution in [2.45, 2.75) is 41.0 Å². The molecule has 37 heavy (non-hydrogen) atoms. The van der Waals surface area contributed by atoms with Crippen LogP contribution in [0.5, 0.6) is 11.5 Å². The molecule has 2 aromatic carbocycles. The standard InChI is InChI=1S/C22H22N8O2.C3H8.C2H6/c1-3-32-14-6-7-17(18(9-14)31-2)30-11-15-19(21(30)24)20(23)28-29-22(15)26-13-5-4-12-10-25-27-16(12)8-13;1-3-2;1-2/h4-11H,3,24H2,1-2H3,(H2,23,28)(H,25,27)(H,26,29);3H2,1-2H3;1-2H3. The Kier molecular flexibility index (Phi) is 9.15. The number of nitrogen functional groups attached to an aromatic ring is 2. The number of aromatic amines is 1. The molecule has 0 amide bonds.